The van der Waals surface area contributed by atoms with Gasteiger partial charge in [-0.05, 0) is 17.7 Å². The Morgan fingerprint density at radius 2 is 2.29 bits per heavy atom. The van der Waals surface area contributed by atoms with Crippen molar-refractivity contribution in [1.29, 1.82) is 0 Å². The third-order valence-corrected chi connectivity index (χ3v) is 2.95. The number of benzene rings is 1. The van der Waals surface area contributed by atoms with Crippen molar-refractivity contribution in [3.8, 4) is 0 Å². The second-order valence-corrected chi connectivity index (χ2v) is 4.17. The molecule has 0 unspecified atom stereocenters. The molecule has 88 valence electrons. The van der Waals surface area contributed by atoms with E-state index in [9.17, 15) is 4.39 Å². The molecule has 1 aliphatic heterocycles. The summed E-state index contributed by atoms with van der Waals surface area (Å²) >= 11 is 0. The predicted octanol–water partition coefficient (Wildman–Crippen LogP) is 1.11. The monoisotopic (exact) mass is 232 g/mol. The van der Waals surface area contributed by atoms with Crippen molar-refractivity contribution in [1.82, 2.24) is 20.1 Å². The molecule has 0 saturated carbocycles. The minimum atomic E-state index is -0.206. The Morgan fingerprint density at radius 3 is 3.18 bits per heavy atom. The van der Waals surface area contributed by atoms with Crippen molar-refractivity contribution < 1.29 is 4.39 Å². The number of fused-ring (bicyclic) bond motifs is 1. The fourth-order valence-corrected chi connectivity index (χ4v) is 2.11. The third-order valence-electron chi connectivity index (χ3n) is 2.95. The van der Waals surface area contributed by atoms with Crippen molar-refractivity contribution in [2.24, 2.45) is 0 Å². The summed E-state index contributed by atoms with van der Waals surface area (Å²) in [6.07, 6.45) is 0.630. The predicted molar refractivity (Wildman–Crippen MR) is 60.9 cm³/mol. The first-order valence-corrected chi connectivity index (χ1v) is 5.69. The van der Waals surface area contributed by atoms with E-state index in [1.807, 2.05) is 6.07 Å². The number of rotatable bonds is 2. The Balaban J connectivity index is 1.88. The second-order valence-electron chi connectivity index (χ2n) is 4.17. The van der Waals surface area contributed by atoms with Crippen molar-refractivity contribution in [3.05, 3.63) is 47.3 Å². The molecule has 0 aliphatic carbocycles. The average Bonchev–Trinajstić information content (AvgIpc) is 2.73. The average molecular weight is 232 g/mol. The van der Waals surface area contributed by atoms with E-state index in [0.29, 0.717) is 6.42 Å². The van der Waals surface area contributed by atoms with Gasteiger partial charge in [-0.3, -0.25) is 0 Å². The van der Waals surface area contributed by atoms with Crippen LogP contribution in [0.3, 0.4) is 0 Å². The molecule has 0 amide bonds. The highest BCUT2D eigenvalue weighted by molar-refractivity contribution is 5.20. The summed E-state index contributed by atoms with van der Waals surface area (Å²) in [4.78, 5) is 0. The van der Waals surface area contributed by atoms with Gasteiger partial charge in [0.15, 0.2) is 0 Å². The molecule has 0 saturated heterocycles. The number of hydrogen-bond acceptors (Lipinski definition) is 3. The molecule has 1 aromatic heterocycles. The van der Waals surface area contributed by atoms with Gasteiger partial charge >= 0.3 is 0 Å². The minimum absolute atomic E-state index is 0.206. The second kappa shape index (κ2) is 4.25. The van der Waals surface area contributed by atoms with Crippen LogP contribution in [0.25, 0.3) is 0 Å². The van der Waals surface area contributed by atoms with Crippen LogP contribution in [0.1, 0.15) is 17.2 Å². The quantitative estimate of drug-likeness (QED) is 0.843. The van der Waals surface area contributed by atoms with E-state index in [1.54, 1.807) is 12.1 Å². The van der Waals surface area contributed by atoms with Crippen LogP contribution in [0.5, 0.6) is 0 Å². The van der Waals surface area contributed by atoms with Crippen molar-refractivity contribution in [2.75, 3.05) is 6.54 Å². The van der Waals surface area contributed by atoms with E-state index in [0.717, 1.165) is 36.8 Å². The lowest BCUT2D eigenvalue weighted by molar-refractivity contribution is 0.495. The molecule has 1 N–H and O–H groups in total. The fourth-order valence-electron chi connectivity index (χ4n) is 2.11. The van der Waals surface area contributed by atoms with Gasteiger partial charge < -0.3 is 9.88 Å². The molecule has 1 aliphatic rings. The third kappa shape index (κ3) is 2.06. The summed E-state index contributed by atoms with van der Waals surface area (Å²) in [5.74, 6) is 1.66. The van der Waals surface area contributed by atoms with Gasteiger partial charge in [0.2, 0.25) is 0 Å². The Hall–Kier alpha value is -1.75. The van der Waals surface area contributed by atoms with Gasteiger partial charge in [-0.1, -0.05) is 12.1 Å². The Bertz CT molecular complexity index is 535. The molecule has 0 radical (unpaired) electrons. The maximum atomic E-state index is 13.1. The molecule has 3 rings (SSSR count). The van der Waals surface area contributed by atoms with Gasteiger partial charge in [0.25, 0.3) is 0 Å². The van der Waals surface area contributed by atoms with Gasteiger partial charge in [0.1, 0.15) is 17.5 Å². The SMILES string of the molecule is Fc1cccc(Cc2nnc3n2CCNC3)c1. The Morgan fingerprint density at radius 1 is 1.35 bits per heavy atom. The highest BCUT2D eigenvalue weighted by Gasteiger charge is 2.15. The molecule has 17 heavy (non-hydrogen) atoms. The highest BCUT2D eigenvalue weighted by Crippen LogP contribution is 2.12. The van der Waals surface area contributed by atoms with Crippen LogP contribution >= 0.6 is 0 Å². The molecular weight excluding hydrogens is 219 g/mol. The zero-order valence-electron chi connectivity index (χ0n) is 9.36. The molecule has 0 atom stereocenters. The van der Waals surface area contributed by atoms with Crippen LogP contribution in [-0.4, -0.2) is 21.3 Å². The molecule has 0 bridgehead atoms. The van der Waals surface area contributed by atoms with Gasteiger partial charge in [-0.15, -0.1) is 10.2 Å². The lowest BCUT2D eigenvalue weighted by atomic mass is 10.1. The van der Waals surface area contributed by atoms with E-state index < -0.39 is 0 Å². The van der Waals surface area contributed by atoms with E-state index >= 15 is 0 Å². The fraction of sp³-hybridized carbons (Fsp3) is 0.333. The topological polar surface area (TPSA) is 42.7 Å². The number of nitrogens with zero attached hydrogens (tertiary/aromatic N) is 3. The maximum Gasteiger partial charge on any atom is 0.147 e. The number of aromatic nitrogens is 3. The molecule has 0 spiro atoms. The molecule has 2 heterocycles. The van der Waals surface area contributed by atoms with Crippen LogP contribution in [0, 0.1) is 5.82 Å². The zero-order valence-corrected chi connectivity index (χ0v) is 9.36. The summed E-state index contributed by atoms with van der Waals surface area (Å²) in [6, 6.07) is 6.63. The van der Waals surface area contributed by atoms with E-state index in [-0.39, 0.29) is 5.82 Å². The molecule has 0 fully saturated rings. The van der Waals surface area contributed by atoms with Gasteiger partial charge in [0, 0.05) is 19.5 Å². The van der Waals surface area contributed by atoms with Crippen LogP contribution in [0.15, 0.2) is 24.3 Å². The summed E-state index contributed by atoms with van der Waals surface area (Å²) in [5.41, 5.74) is 0.929. The molecule has 1 aromatic carbocycles. The highest BCUT2D eigenvalue weighted by atomic mass is 19.1. The minimum Gasteiger partial charge on any atom is -0.312 e. The van der Waals surface area contributed by atoms with Crippen LogP contribution < -0.4 is 5.32 Å². The zero-order chi connectivity index (χ0) is 11.7. The Kier molecular flexibility index (Phi) is 2.60. The standard InChI is InChI=1S/C12H13FN4/c13-10-3-1-2-9(6-10)7-11-15-16-12-8-14-4-5-17(11)12/h1-3,6,14H,4-5,7-8H2. The van der Waals surface area contributed by atoms with Crippen LogP contribution in [-0.2, 0) is 19.5 Å². The van der Waals surface area contributed by atoms with Gasteiger partial charge in [-0.2, -0.15) is 0 Å². The first-order chi connectivity index (χ1) is 8.33. The molecular formula is C12H13FN4. The van der Waals surface area contributed by atoms with Crippen molar-refractivity contribution in [2.45, 2.75) is 19.5 Å². The van der Waals surface area contributed by atoms with Crippen LogP contribution in [0.4, 0.5) is 4.39 Å². The van der Waals surface area contributed by atoms with Gasteiger partial charge in [0.05, 0.1) is 6.54 Å². The smallest absolute Gasteiger partial charge is 0.147 e. The normalized spacial score (nSPS) is 14.6. The van der Waals surface area contributed by atoms with E-state index in [4.69, 9.17) is 0 Å². The van der Waals surface area contributed by atoms with E-state index in [2.05, 4.69) is 20.1 Å². The van der Waals surface area contributed by atoms with Crippen molar-refractivity contribution in [3.63, 3.8) is 0 Å². The van der Waals surface area contributed by atoms with Gasteiger partial charge in [-0.25, -0.2) is 4.39 Å². The first kappa shape index (κ1) is 10.4. The summed E-state index contributed by atoms with van der Waals surface area (Å²) < 4.78 is 15.2. The maximum absolute atomic E-state index is 13.1. The molecule has 5 heteroatoms. The van der Waals surface area contributed by atoms with E-state index in [1.165, 1.54) is 6.07 Å². The Labute approximate surface area is 98.5 Å². The van der Waals surface area contributed by atoms with Crippen molar-refractivity contribution >= 4 is 0 Å². The number of hydrogen-bond donors (Lipinski definition) is 1. The molecule has 4 nitrogen and oxygen atoms in total. The summed E-state index contributed by atoms with van der Waals surface area (Å²) in [7, 11) is 0. The lowest BCUT2D eigenvalue weighted by Crippen LogP contribution is -2.29. The first-order valence-electron chi connectivity index (χ1n) is 5.69. The summed E-state index contributed by atoms with van der Waals surface area (Å²) in [6.45, 7) is 2.57. The summed E-state index contributed by atoms with van der Waals surface area (Å²) in [5, 5.41) is 11.5. The van der Waals surface area contributed by atoms with Crippen LogP contribution in [0.2, 0.25) is 0 Å². The largest absolute Gasteiger partial charge is 0.312 e. The lowest BCUT2D eigenvalue weighted by Gasteiger charge is -2.15. The number of nitrogens with one attached hydrogen (secondary N) is 1. The molecule has 2 aromatic rings. The number of halogens is 1.